The van der Waals surface area contributed by atoms with Crippen LogP contribution in [-0.2, 0) is 14.9 Å². The lowest BCUT2D eigenvalue weighted by atomic mass is 10.0. The summed E-state index contributed by atoms with van der Waals surface area (Å²) in [7, 11) is -2.58. The lowest BCUT2D eigenvalue weighted by Crippen LogP contribution is -2.44. The molecule has 1 heterocycles. The van der Waals surface area contributed by atoms with Gasteiger partial charge in [-0.15, -0.1) is 0 Å². The van der Waals surface area contributed by atoms with Crippen molar-refractivity contribution >= 4 is 33.1 Å². The Morgan fingerprint density at radius 3 is 2.40 bits per heavy atom. The number of aliphatic carboxylic acids is 1. The molecule has 0 amide bonds. The molecule has 1 atom stereocenters. The fraction of sp³-hybridized carbons (Fsp3) is 0.435. The Hall–Kier alpha value is -3.38. The smallest absolute Gasteiger partial charge is 0.341 e. The van der Waals surface area contributed by atoms with Crippen molar-refractivity contribution in [2.75, 3.05) is 43.4 Å². The minimum Gasteiger partial charge on any atom is -0.480 e. The molecule has 2 N–H and O–H groups in total. The Balaban J connectivity index is 1.96. The molecule has 0 bridgehead atoms. The van der Waals surface area contributed by atoms with E-state index >= 15 is 0 Å². The average molecular weight is 507 g/mol. The van der Waals surface area contributed by atoms with Gasteiger partial charge >= 0.3 is 21.8 Å². The first-order valence-corrected chi connectivity index (χ1v) is 12.6. The number of nitrogens with zero attached hydrogens (tertiary/aromatic N) is 3. The van der Waals surface area contributed by atoms with Crippen molar-refractivity contribution in [3.63, 3.8) is 0 Å². The maximum absolute atomic E-state index is 13.2. The van der Waals surface area contributed by atoms with Crippen molar-refractivity contribution < 1.29 is 27.4 Å². The molecule has 11 nitrogen and oxygen atoms in total. The molecule has 0 radical (unpaired) electrons. The van der Waals surface area contributed by atoms with Gasteiger partial charge in [-0.1, -0.05) is 32.0 Å². The third-order valence-corrected chi connectivity index (χ3v) is 6.99. The quantitative estimate of drug-likeness (QED) is 0.280. The highest BCUT2D eigenvalue weighted by molar-refractivity contribution is 7.87. The second-order valence-corrected chi connectivity index (χ2v) is 10.4. The molecular formula is C23H30N4O7S. The molecule has 0 aliphatic carbocycles. The van der Waals surface area contributed by atoms with Crippen molar-refractivity contribution in [1.29, 1.82) is 0 Å². The van der Waals surface area contributed by atoms with Crippen molar-refractivity contribution in [1.82, 2.24) is 4.90 Å². The number of carbonyl (C=O) groups is 1. The topological polar surface area (TPSA) is 142 Å². The number of hydrogen-bond acceptors (Lipinski definition) is 9. The Kier molecular flexibility index (Phi) is 8.18. The standard InChI is InChI=1S/C23H30N4O7S/c1-16(2)15-18(23(28)29)24-17-7-4-5-10-21(17)35(32,33)34-20-9-6-8-19(22(20)27(30)31)26-13-11-25(3)12-14-26/h4-10,16,18,24H,11-15H2,1-3H3,(H,28,29). The van der Waals surface area contributed by atoms with Crippen LogP contribution >= 0.6 is 0 Å². The summed E-state index contributed by atoms with van der Waals surface area (Å²) < 4.78 is 31.8. The van der Waals surface area contributed by atoms with E-state index in [9.17, 15) is 28.4 Å². The van der Waals surface area contributed by atoms with Crippen molar-refractivity contribution in [2.24, 2.45) is 5.92 Å². The van der Waals surface area contributed by atoms with E-state index in [0.717, 1.165) is 0 Å². The number of nitro benzene ring substituents is 1. The normalized spacial score (nSPS) is 15.6. The highest BCUT2D eigenvalue weighted by atomic mass is 32.2. The third-order valence-electron chi connectivity index (χ3n) is 5.70. The Morgan fingerprint density at radius 1 is 1.14 bits per heavy atom. The SMILES string of the molecule is CC(C)CC(Nc1ccccc1S(=O)(=O)Oc1cccc(N2CCN(C)CC2)c1[N+](=O)[O-])C(=O)O. The number of benzene rings is 2. The average Bonchev–Trinajstić information content (AvgIpc) is 2.78. The first-order chi connectivity index (χ1) is 16.5. The highest BCUT2D eigenvalue weighted by Gasteiger charge is 2.31. The van der Waals surface area contributed by atoms with Gasteiger partial charge in [0.05, 0.1) is 10.6 Å². The van der Waals surface area contributed by atoms with Gasteiger partial charge in [-0.3, -0.25) is 10.1 Å². The maximum atomic E-state index is 13.2. The molecular weight excluding hydrogens is 476 g/mol. The largest absolute Gasteiger partial charge is 0.480 e. The van der Waals surface area contributed by atoms with Gasteiger partial charge < -0.3 is 24.4 Å². The number of carboxylic acid groups (broad SMARTS) is 1. The van der Waals surface area contributed by atoms with Gasteiger partial charge in [0.15, 0.2) is 0 Å². The summed E-state index contributed by atoms with van der Waals surface area (Å²) in [6, 6.07) is 9.02. The van der Waals surface area contributed by atoms with Crippen LogP contribution < -0.4 is 14.4 Å². The zero-order valence-electron chi connectivity index (χ0n) is 19.9. The molecule has 2 aromatic carbocycles. The molecule has 0 saturated carbocycles. The van der Waals surface area contributed by atoms with Crippen molar-refractivity contribution in [3.8, 4) is 5.75 Å². The Bertz CT molecular complexity index is 1180. The first kappa shape index (κ1) is 26.2. The van der Waals surface area contributed by atoms with Gasteiger partial charge in [0.25, 0.3) is 0 Å². The minimum absolute atomic E-state index is 0.0402. The molecule has 3 rings (SSSR count). The molecule has 2 aromatic rings. The van der Waals surface area contributed by atoms with Crippen LogP contribution in [0, 0.1) is 16.0 Å². The summed E-state index contributed by atoms with van der Waals surface area (Å²) in [5.41, 5.74) is -0.113. The first-order valence-electron chi connectivity index (χ1n) is 11.2. The Labute approximate surface area is 204 Å². The van der Waals surface area contributed by atoms with Crippen LogP contribution in [0.2, 0.25) is 0 Å². The van der Waals surface area contributed by atoms with Crippen molar-refractivity contribution in [3.05, 3.63) is 52.6 Å². The number of carboxylic acids is 1. The summed E-state index contributed by atoms with van der Waals surface area (Å²) in [5.74, 6) is -1.48. The number of nitro groups is 1. The van der Waals surface area contributed by atoms with Crippen LogP contribution in [0.1, 0.15) is 20.3 Å². The number of anilines is 2. The second-order valence-electron chi connectivity index (χ2n) is 8.87. The van der Waals surface area contributed by atoms with Crippen LogP contribution in [0.5, 0.6) is 5.75 Å². The maximum Gasteiger partial charge on any atom is 0.341 e. The lowest BCUT2D eigenvalue weighted by molar-refractivity contribution is -0.384. The molecule has 1 aliphatic heterocycles. The number of nitrogens with one attached hydrogen (secondary N) is 1. The van der Waals surface area contributed by atoms with Crippen LogP contribution in [0.3, 0.4) is 0 Å². The molecule has 0 aromatic heterocycles. The van der Waals surface area contributed by atoms with E-state index in [2.05, 4.69) is 10.2 Å². The number of rotatable bonds is 10. The monoisotopic (exact) mass is 506 g/mol. The van der Waals surface area contributed by atoms with E-state index in [1.54, 1.807) is 12.1 Å². The van der Waals surface area contributed by atoms with Crippen molar-refractivity contribution in [2.45, 2.75) is 31.2 Å². The molecule has 190 valence electrons. The van der Waals surface area contributed by atoms with E-state index in [0.29, 0.717) is 26.2 Å². The van der Waals surface area contributed by atoms with E-state index in [-0.39, 0.29) is 28.6 Å². The third kappa shape index (κ3) is 6.40. The summed E-state index contributed by atoms with van der Waals surface area (Å²) in [5, 5.41) is 24.3. The summed E-state index contributed by atoms with van der Waals surface area (Å²) >= 11 is 0. The predicted octanol–water partition coefficient (Wildman–Crippen LogP) is 3.03. The van der Waals surface area contributed by atoms with Crippen LogP contribution in [0.25, 0.3) is 0 Å². The number of likely N-dealkylation sites (N-methyl/N-ethyl adjacent to an activating group) is 1. The van der Waals surface area contributed by atoms with Gasteiger partial charge in [0.1, 0.15) is 16.6 Å². The lowest BCUT2D eigenvalue weighted by Gasteiger charge is -2.33. The van der Waals surface area contributed by atoms with Gasteiger partial charge in [-0.05, 0) is 43.7 Å². The van der Waals surface area contributed by atoms with Crippen LogP contribution in [-0.4, -0.2) is 68.6 Å². The van der Waals surface area contributed by atoms with Gasteiger partial charge in [-0.25, -0.2) is 4.79 Å². The van der Waals surface area contributed by atoms with E-state index < -0.39 is 38.5 Å². The van der Waals surface area contributed by atoms with Crippen LogP contribution in [0.15, 0.2) is 47.4 Å². The van der Waals surface area contributed by atoms with E-state index in [1.807, 2.05) is 25.8 Å². The molecule has 1 aliphatic rings. The summed E-state index contributed by atoms with van der Waals surface area (Å²) in [6.07, 6.45) is 0.267. The fourth-order valence-corrected chi connectivity index (χ4v) is 5.01. The molecule has 1 fully saturated rings. The zero-order chi connectivity index (χ0) is 25.8. The molecule has 35 heavy (non-hydrogen) atoms. The zero-order valence-corrected chi connectivity index (χ0v) is 20.7. The minimum atomic E-state index is -4.54. The molecule has 1 unspecified atom stereocenters. The summed E-state index contributed by atoms with van der Waals surface area (Å²) in [4.78, 5) is 26.6. The van der Waals surface area contributed by atoms with E-state index in [4.69, 9.17) is 4.18 Å². The van der Waals surface area contributed by atoms with Crippen LogP contribution in [0.4, 0.5) is 17.1 Å². The van der Waals surface area contributed by atoms with E-state index in [1.165, 1.54) is 30.3 Å². The number of piperazine rings is 1. The number of hydrogen-bond donors (Lipinski definition) is 2. The Morgan fingerprint density at radius 2 is 1.80 bits per heavy atom. The highest BCUT2D eigenvalue weighted by Crippen LogP contribution is 2.39. The molecule has 1 saturated heterocycles. The van der Waals surface area contributed by atoms with Gasteiger partial charge in [-0.2, -0.15) is 8.42 Å². The number of para-hydroxylation sites is 2. The molecule has 0 spiro atoms. The fourth-order valence-electron chi connectivity index (χ4n) is 3.91. The predicted molar refractivity (Wildman–Crippen MR) is 132 cm³/mol. The van der Waals surface area contributed by atoms with Gasteiger partial charge in [0.2, 0.25) is 5.75 Å². The molecule has 12 heteroatoms. The van der Waals surface area contributed by atoms with Gasteiger partial charge in [0, 0.05) is 26.2 Å². The second kappa shape index (κ2) is 10.9. The summed E-state index contributed by atoms with van der Waals surface area (Å²) in [6.45, 7) is 6.23.